The Bertz CT molecular complexity index is 998. The van der Waals surface area contributed by atoms with E-state index in [1.165, 1.54) is 6.07 Å². The molecular formula is C25H29NO4. The van der Waals surface area contributed by atoms with E-state index >= 15 is 0 Å². The molecule has 0 radical (unpaired) electrons. The van der Waals surface area contributed by atoms with Crippen molar-refractivity contribution < 1.29 is 19.5 Å². The summed E-state index contributed by atoms with van der Waals surface area (Å²) < 4.78 is 0. The fourth-order valence-corrected chi connectivity index (χ4v) is 5.19. The first-order chi connectivity index (χ1) is 14.5. The number of carbonyl (C=O) groups is 3. The summed E-state index contributed by atoms with van der Waals surface area (Å²) in [4.78, 5) is 38.2. The largest absolute Gasteiger partial charge is 0.478 e. The molecule has 5 nitrogen and oxygen atoms in total. The van der Waals surface area contributed by atoms with E-state index in [9.17, 15) is 19.5 Å². The lowest BCUT2D eigenvalue weighted by atomic mass is 9.88. The Morgan fingerprint density at radius 1 is 0.867 bits per heavy atom. The Morgan fingerprint density at radius 3 is 2.13 bits per heavy atom. The van der Waals surface area contributed by atoms with Crippen molar-refractivity contribution in [3.05, 3.63) is 46.5 Å². The molecule has 0 aromatic heterocycles. The molecule has 4 rings (SSSR count). The van der Waals surface area contributed by atoms with Gasteiger partial charge in [0, 0.05) is 29.0 Å². The summed E-state index contributed by atoms with van der Waals surface area (Å²) >= 11 is 0. The maximum absolute atomic E-state index is 13.2. The van der Waals surface area contributed by atoms with Crippen LogP contribution in [0.2, 0.25) is 0 Å². The Morgan fingerprint density at radius 2 is 1.47 bits per heavy atom. The molecule has 0 spiro atoms. The zero-order valence-electron chi connectivity index (χ0n) is 17.5. The number of hydrogen-bond acceptors (Lipinski definition) is 3. The lowest BCUT2D eigenvalue weighted by Gasteiger charge is -2.18. The number of aryl methyl sites for hydroxylation is 1. The topological polar surface area (TPSA) is 83.5 Å². The minimum atomic E-state index is -1.08. The minimum absolute atomic E-state index is 0.0252. The third-order valence-electron chi connectivity index (χ3n) is 6.78. The highest BCUT2D eigenvalue weighted by molar-refractivity contribution is 6.20. The molecule has 2 N–H and O–H groups in total. The van der Waals surface area contributed by atoms with Crippen LogP contribution in [-0.2, 0) is 0 Å². The second kappa shape index (κ2) is 8.58. The van der Waals surface area contributed by atoms with Crippen molar-refractivity contribution in [2.75, 3.05) is 0 Å². The molecular weight excluding hydrogens is 378 g/mol. The maximum Gasteiger partial charge on any atom is 0.336 e. The molecule has 1 amide bonds. The zero-order chi connectivity index (χ0) is 21.3. The summed E-state index contributed by atoms with van der Waals surface area (Å²) in [6, 6.07) is 6.80. The minimum Gasteiger partial charge on any atom is -0.478 e. The van der Waals surface area contributed by atoms with E-state index in [4.69, 9.17) is 0 Å². The van der Waals surface area contributed by atoms with Gasteiger partial charge in [-0.05, 0) is 48.8 Å². The Hall–Kier alpha value is -2.69. The molecule has 0 unspecified atom stereocenters. The van der Waals surface area contributed by atoms with Gasteiger partial charge in [0.2, 0.25) is 0 Å². The van der Waals surface area contributed by atoms with Gasteiger partial charge in [-0.2, -0.15) is 0 Å². The lowest BCUT2D eigenvalue weighted by Crippen LogP contribution is -2.32. The number of hydrogen-bond donors (Lipinski definition) is 2. The molecule has 2 aromatic carbocycles. The van der Waals surface area contributed by atoms with Gasteiger partial charge in [-0.1, -0.05) is 50.7 Å². The summed E-state index contributed by atoms with van der Waals surface area (Å²) in [7, 11) is 0. The van der Waals surface area contributed by atoms with Gasteiger partial charge < -0.3 is 10.4 Å². The Kier molecular flexibility index (Phi) is 5.89. The zero-order valence-corrected chi connectivity index (χ0v) is 17.5. The number of carboxylic acid groups (broad SMARTS) is 1. The SMILES string of the molecule is Cc1ccc(C(=O)CC2CCCC2)c2c(C(=O)O)ccc(C(=O)NC3CCCC3)c12. The van der Waals surface area contributed by atoms with Gasteiger partial charge in [-0.15, -0.1) is 0 Å². The van der Waals surface area contributed by atoms with E-state index in [1.807, 2.05) is 13.0 Å². The standard InChI is InChI=1S/C25H29NO4/c1-15-10-11-18(21(27)14-16-6-2-3-7-16)23-20(25(29)30)13-12-19(22(15)23)24(28)26-17-8-4-5-9-17/h10-13,16-17H,2-9,14H2,1H3,(H,26,28)(H,29,30). The van der Waals surface area contributed by atoms with Gasteiger partial charge in [-0.3, -0.25) is 9.59 Å². The number of Topliss-reactive ketones (excluding diaryl/α,β-unsaturated/α-hetero) is 1. The van der Waals surface area contributed by atoms with Crippen molar-refractivity contribution in [3.63, 3.8) is 0 Å². The van der Waals surface area contributed by atoms with E-state index in [2.05, 4.69) is 5.32 Å². The first-order valence-electron chi connectivity index (χ1n) is 11.1. The van der Waals surface area contributed by atoms with E-state index < -0.39 is 5.97 Å². The number of benzene rings is 2. The van der Waals surface area contributed by atoms with Gasteiger partial charge in [0.15, 0.2) is 5.78 Å². The van der Waals surface area contributed by atoms with Crippen LogP contribution in [0.4, 0.5) is 0 Å². The fraction of sp³-hybridized carbons (Fsp3) is 0.480. The van der Waals surface area contributed by atoms with Crippen molar-refractivity contribution in [2.45, 2.75) is 70.8 Å². The van der Waals surface area contributed by atoms with Crippen LogP contribution in [0.25, 0.3) is 10.8 Å². The van der Waals surface area contributed by atoms with Crippen LogP contribution in [0.15, 0.2) is 24.3 Å². The fourth-order valence-electron chi connectivity index (χ4n) is 5.19. The normalized spacial score (nSPS) is 17.5. The molecule has 0 aliphatic heterocycles. The number of nitrogens with one attached hydrogen (secondary N) is 1. The number of carboxylic acids is 1. The van der Waals surface area contributed by atoms with Gasteiger partial charge in [0.05, 0.1) is 5.56 Å². The van der Waals surface area contributed by atoms with Crippen LogP contribution < -0.4 is 5.32 Å². The Labute approximate surface area is 176 Å². The molecule has 2 aliphatic rings. The highest BCUT2D eigenvalue weighted by Crippen LogP contribution is 2.34. The third kappa shape index (κ3) is 3.98. The summed E-state index contributed by atoms with van der Waals surface area (Å²) in [5.41, 5.74) is 1.77. The summed E-state index contributed by atoms with van der Waals surface area (Å²) in [5.74, 6) is -0.922. The third-order valence-corrected chi connectivity index (χ3v) is 6.78. The van der Waals surface area contributed by atoms with Gasteiger partial charge in [0.25, 0.3) is 5.91 Å². The smallest absolute Gasteiger partial charge is 0.336 e. The van der Waals surface area contributed by atoms with Gasteiger partial charge in [-0.25, -0.2) is 4.79 Å². The number of rotatable bonds is 6. The lowest BCUT2D eigenvalue weighted by molar-refractivity contribution is 0.0698. The van der Waals surface area contributed by atoms with E-state index in [0.717, 1.165) is 56.9 Å². The average Bonchev–Trinajstić information content (AvgIpc) is 3.41. The molecule has 0 atom stereocenters. The average molecular weight is 408 g/mol. The monoisotopic (exact) mass is 407 g/mol. The highest BCUT2D eigenvalue weighted by Gasteiger charge is 2.26. The Balaban J connectivity index is 1.80. The number of amides is 1. The van der Waals surface area contributed by atoms with E-state index in [0.29, 0.717) is 34.2 Å². The van der Waals surface area contributed by atoms with Crippen molar-refractivity contribution in [2.24, 2.45) is 5.92 Å². The molecule has 0 heterocycles. The predicted molar refractivity (Wildman–Crippen MR) is 116 cm³/mol. The van der Waals surface area contributed by atoms with Crippen molar-refractivity contribution in [1.82, 2.24) is 5.32 Å². The van der Waals surface area contributed by atoms with E-state index in [1.54, 1.807) is 12.1 Å². The first-order valence-corrected chi connectivity index (χ1v) is 11.1. The summed E-state index contributed by atoms with van der Waals surface area (Å²) in [5, 5.41) is 13.9. The van der Waals surface area contributed by atoms with Crippen molar-refractivity contribution >= 4 is 28.4 Å². The van der Waals surface area contributed by atoms with Crippen LogP contribution in [-0.4, -0.2) is 28.8 Å². The van der Waals surface area contributed by atoms with Crippen LogP contribution in [0, 0.1) is 12.8 Å². The molecule has 2 saturated carbocycles. The van der Waals surface area contributed by atoms with Crippen LogP contribution in [0.1, 0.15) is 94.4 Å². The second-order valence-electron chi connectivity index (χ2n) is 8.88. The van der Waals surface area contributed by atoms with Gasteiger partial charge >= 0.3 is 5.97 Å². The molecule has 0 saturated heterocycles. The number of ketones is 1. The second-order valence-corrected chi connectivity index (χ2v) is 8.88. The molecule has 5 heteroatoms. The number of aromatic carboxylic acids is 1. The van der Waals surface area contributed by atoms with Crippen molar-refractivity contribution in [1.29, 1.82) is 0 Å². The quantitative estimate of drug-likeness (QED) is 0.638. The summed E-state index contributed by atoms with van der Waals surface area (Å²) in [6.45, 7) is 1.87. The van der Waals surface area contributed by atoms with Gasteiger partial charge in [0.1, 0.15) is 0 Å². The molecule has 2 aliphatic carbocycles. The number of fused-ring (bicyclic) bond motifs is 1. The molecule has 2 fully saturated rings. The number of carbonyl (C=O) groups excluding carboxylic acids is 2. The molecule has 30 heavy (non-hydrogen) atoms. The summed E-state index contributed by atoms with van der Waals surface area (Å²) in [6.07, 6.45) is 9.02. The molecule has 0 bridgehead atoms. The highest BCUT2D eigenvalue weighted by atomic mass is 16.4. The molecule has 2 aromatic rings. The molecule has 158 valence electrons. The van der Waals surface area contributed by atoms with Crippen LogP contribution in [0.5, 0.6) is 0 Å². The van der Waals surface area contributed by atoms with Crippen LogP contribution in [0.3, 0.4) is 0 Å². The maximum atomic E-state index is 13.2. The van der Waals surface area contributed by atoms with Crippen molar-refractivity contribution in [3.8, 4) is 0 Å². The van der Waals surface area contributed by atoms with Crippen LogP contribution >= 0.6 is 0 Å². The van der Waals surface area contributed by atoms with E-state index in [-0.39, 0.29) is 23.3 Å². The first kappa shape index (κ1) is 20.6. The predicted octanol–water partition coefficient (Wildman–Crippen LogP) is 5.28.